The van der Waals surface area contributed by atoms with Gasteiger partial charge in [-0.15, -0.1) is 0 Å². The van der Waals surface area contributed by atoms with Gasteiger partial charge in [-0.05, 0) is 34.8 Å². The number of fused-ring (bicyclic) bond motifs is 1. The molecule has 0 radical (unpaired) electrons. The molecule has 1 aromatic carbocycles. The molecule has 0 atom stereocenters. The summed E-state index contributed by atoms with van der Waals surface area (Å²) in [5.41, 5.74) is 7.90. The molecule has 2 aromatic rings. The summed E-state index contributed by atoms with van der Waals surface area (Å²) in [7, 11) is 0. The highest BCUT2D eigenvalue weighted by molar-refractivity contribution is 9.10. The van der Waals surface area contributed by atoms with Gasteiger partial charge >= 0.3 is 0 Å². The molecule has 15 heavy (non-hydrogen) atoms. The lowest BCUT2D eigenvalue weighted by molar-refractivity contribution is 0.714. The average Bonchev–Trinajstić information content (AvgIpc) is 2.98. The Morgan fingerprint density at radius 1 is 1.27 bits per heavy atom. The fraction of sp³-hybridized carbons (Fsp3) is 0.273. The molecule has 1 saturated carbocycles. The molecule has 2 N–H and O–H groups in total. The van der Waals surface area contributed by atoms with E-state index in [4.69, 9.17) is 5.73 Å². The first kappa shape index (κ1) is 9.24. The van der Waals surface area contributed by atoms with Crippen molar-refractivity contribution >= 4 is 26.8 Å². The first-order valence-corrected chi connectivity index (χ1v) is 5.69. The highest BCUT2D eigenvalue weighted by Crippen LogP contribution is 2.44. The fourth-order valence-corrected chi connectivity index (χ4v) is 2.29. The molecule has 0 bridgehead atoms. The van der Waals surface area contributed by atoms with E-state index in [9.17, 15) is 0 Å². The lowest BCUT2D eigenvalue weighted by Crippen LogP contribution is -2.20. The predicted molar refractivity (Wildman–Crippen MR) is 62.3 cm³/mol. The van der Waals surface area contributed by atoms with Gasteiger partial charge in [-0.25, -0.2) is 9.97 Å². The Balaban J connectivity index is 2.36. The van der Waals surface area contributed by atoms with E-state index >= 15 is 0 Å². The second-order valence-electron chi connectivity index (χ2n) is 4.01. The van der Waals surface area contributed by atoms with Gasteiger partial charge in [-0.3, -0.25) is 0 Å². The maximum atomic E-state index is 6.18. The summed E-state index contributed by atoms with van der Waals surface area (Å²) in [6, 6.07) is 6.00. The van der Waals surface area contributed by atoms with Crippen molar-refractivity contribution in [1.29, 1.82) is 0 Å². The lowest BCUT2D eigenvalue weighted by Gasteiger charge is -2.11. The minimum absolute atomic E-state index is 0.206. The number of aromatic nitrogens is 2. The number of hydrogen-bond acceptors (Lipinski definition) is 3. The van der Waals surface area contributed by atoms with Crippen LogP contribution in [-0.2, 0) is 5.54 Å². The Morgan fingerprint density at radius 2 is 2.07 bits per heavy atom. The van der Waals surface area contributed by atoms with E-state index in [1.54, 1.807) is 6.33 Å². The molecule has 0 spiro atoms. The van der Waals surface area contributed by atoms with Crippen LogP contribution in [0, 0.1) is 0 Å². The maximum absolute atomic E-state index is 6.18. The van der Waals surface area contributed by atoms with E-state index in [1.807, 2.05) is 18.2 Å². The smallest absolute Gasteiger partial charge is 0.116 e. The third-order valence-corrected chi connectivity index (χ3v) is 3.52. The van der Waals surface area contributed by atoms with Crippen molar-refractivity contribution in [2.75, 3.05) is 0 Å². The van der Waals surface area contributed by atoms with Gasteiger partial charge in [-0.1, -0.05) is 12.1 Å². The van der Waals surface area contributed by atoms with Crippen molar-refractivity contribution in [1.82, 2.24) is 9.97 Å². The zero-order chi connectivity index (χ0) is 10.5. The van der Waals surface area contributed by atoms with Crippen molar-refractivity contribution in [3.8, 4) is 0 Å². The maximum Gasteiger partial charge on any atom is 0.116 e. The second-order valence-corrected chi connectivity index (χ2v) is 4.87. The summed E-state index contributed by atoms with van der Waals surface area (Å²) in [6.45, 7) is 0. The zero-order valence-electron chi connectivity index (χ0n) is 8.07. The number of nitrogens with zero attached hydrogens (tertiary/aromatic N) is 2. The van der Waals surface area contributed by atoms with Crippen molar-refractivity contribution in [3.05, 3.63) is 34.7 Å². The van der Waals surface area contributed by atoms with Gasteiger partial charge in [0.15, 0.2) is 0 Å². The first-order valence-electron chi connectivity index (χ1n) is 4.89. The van der Waals surface area contributed by atoms with Crippen molar-refractivity contribution in [2.45, 2.75) is 18.4 Å². The van der Waals surface area contributed by atoms with Crippen LogP contribution in [-0.4, -0.2) is 9.97 Å². The van der Waals surface area contributed by atoms with E-state index in [2.05, 4.69) is 25.9 Å². The van der Waals surface area contributed by atoms with Gasteiger partial charge in [0, 0.05) is 9.86 Å². The molecule has 3 nitrogen and oxygen atoms in total. The van der Waals surface area contributed by atoms with Gasteiger partial charge < -0.3 is 5.73 Å². The Labute approximate surface area is 95.8 Å². The first-order chi connectivity index (χ1) is 7.21. The molecule has 76 valence electrons. The number of para-hydroxylation sites is 1. The molecule has 3 rings (SSSR count). The monoisotopic (exact) mass is 263 g/mol. The van der Waals surface area contributed by atoms with Crippen LogP contribution < -0.4 is 5.73 Å². The SMILES string of the molecule is NC1(c2ncnc3c(Br)cccc23)CC1. The van der Waals surface area contributed by atoms with Gasteiger partial charge in [-0.2, -0.15) is 0 Å². The van der Waals surface area contributed by atoms with Crippen LogP contribution >= 0.6 is 15.9 Å². The third-order valence-electron chi connectivity index (χ3n) is 2.88. The number of halogens is 1. The van der Waals surface area contributed by atoms with Gasteiger partial charge in [0.25, 0.3) is 0 Å². The van der Waals surface area contributed by atoms with Crippen LogP contribution in [0.25, 0.3) is 10.9 Å². The quantitative estimate of drug-likeness (QED) is 0.860. The van der Waals surface area contributed by atoms with Crippen molar-refractivity contribution in [2.24, 2.45) is 5.73 Å². The normalized spacial score (nSPS) is 18.0. The molecule has 1 heterocycles. The standard InChI is InChI=1S/C11H10BrN3/c12-8-3-1-2-7-9(8)14-6-15-10(7)11(13)4-5-11/h1-3,6H,4-5,13H2. The van der Waals surface area contributed by atoms with Gasteiger partial charge in [0.1, 0.15) is 6.33 Å². The summed E-state index contributed by atoms with van der Waals surface area (Å²) in [4.78, 5) is 8.59. The largest absolute Gasteiger partial charge is 0.320 e. The highest BCUT2D eigenvalue weighted by atomic mass is 79.9. The minimum atomic E-state index is -0.206. The highest BCUT2D eigenvalue weighted by Gasteiger charge is 2.42. The molecule has 0 saturated heterocycles. The van der Waals surface area contributed by atoms with Crippen molar-refractivity contribution < 1.29 is 0 Å². The Morgan fingerprint density at radius 3 is 2.80 bits per heavy atom. The van der Waals surface area contributed by atoms with Crippen LogP contribution in [0.5, 0.6) is 0 Å². The number of rotatable bonds is 1. The number of hydrogen-bond donors (Lipinski definition) is 1. The lowest BCUT2D eigenvalue weighted by atomic mass is 10.1. The van der Waals surface area contributed by atoms with E-state index in [1.165, 1.54) is 0 Å². The number of benzene rings is 1. The van der Waals surface area contributed by atoms with E-state index in [0.29, 0.717) is 0 Å². The molecule has 4 heteroatoms. The molecule has 0 unspecified atom stereocenters. The molecule has 1 aliphatic rings. The Hall–Kier alpha value is -1.00. The van der Waals surface area contributed by atoms with Crippen LogP contribution in [0.15, 0.2) is 29.0 Å². The molecular weight excluding hydrogens is 254 g/mol. The van der Waals surface area contributed by atoms with Crippen LogP contribution in [0.2, 0.25) is 0 Å². The van der Waals surface area contributed by atoms with Gasteiger partial charge in [0.05, 0.1) is 16.7 Å². The molecule has 1 aliphatic carbocycles. The molecule has 1 aromatic heterocycles. The van der Waals surface area contributed by atoms with E-state index < -0.39 is 0 Å². The molecular formula is C11H10BrN3. The minimum Gasteiger partial charge on any atom is -0.320 e. The molecule has 1 fully saturated rings. The number of nitrogens with two attached hydrogens (primary N) is 1. The predicted octanol–water partition coefficient (Wildman–Crippen LogP) is 2.34. The second kappa shape index (κ2) is 3.00. The topological polar surface area (TPSA) is 51.8 Å². The molecule has 0 aliphatic heterocycles. The van der Waals surface area contributed by atoms with Crippen LogP contribution in [0.3, 0.4) is 0 Å². The van der Waals surface area contributed by atoms with Crippen LogP contribution in [0.4, 0.5) is 0 Å². The average molecular weight is 264 g/mol. The summed E-state index contributed by atoms with van der Waals surface area (Å²) in [6.07, 6.45) is 3.63. The Kier molecular flexibility index (Phi) is 1.85. The van der Waals surface area contributed by atoms with Gasteiger partial charge in [0.2, 0.25) is 0 Å². The molecule has 0 amide bonds. The summed E-state index contributed by atoms with van der Waals surface area (Å²) >= 11 is 3.49. The zero-order valence-corrected chi connectivity index (χ0v) is 9.66. The summed E-state index contributed by atoms with van der Waals surface area (Å²) < 4.78 is 0.993. The van der Waals surface area contributed by atoms with Crippen LogP contribution in [0.1, 0.15) is 18.5 Å². The van der Waals surface area contributed by atoms with Crippen molar-refractivity contribution in [3.63, 3.8) is 0 Å². The Bertz CT molecular complexity index is 534. The fourth-order valence-electron chi connectivity index (χ4n) is 1.82. The third kappa shape index (κ3) is 1.36. The summed E-state index contributed by atoms with van der Waals surface area (Å²) in [5.74, 6) is 0. The summed E-state index contributed by atoms with van der Waals surface area (Å²) in [5, 5.41) is 1.06. The van der Waals surface area contributed by atoms with E-state index in [0.717, 1.165) is 33.9 Å². The van der Waals surface area contributed by atoms with E-state index in [-0.39, 0.29) is 5.54 Å².